The minimum Gasteiger partial charge on any atom is -0.493 e. The van der Waals surface area contributed by atoms with Crippen LogP contribution in [0, 0.1) is 0 Å². The maximum atomic E-state index is 12.5. The van der Waals surface area contributed by atoms with Crippen LogP contribution in [0.15, 0.2) is 88.4 Å². The summed E-state index contributed by atoms with van der Waals surface area (Å²) in [6.07, 6.45) is 3.06. The third-order valence-electron chi connectivity index (χ3n) is 5.71. The summed E-state index contributed by atoms with van der Waals surface area (Å²) in [5, 5.41) is 8.25. The van der Waals surface area contributed by atoms with Gasteiger partial charge in [-0.25, -0.2) is 9.79 Å². The lowest BCUT2D eigenvalue weighted by Crippen LogP contribution is -2.33. The molecule has 40 heavy (non-hydrogen) atoms. The predicted molar refractivity (Wildman–Crippen MR) is 147 cm³/mol. The number of benzene rings is 3. The van der Waals surface area contributed by atoms with Crippen LogP contribution in [-0.2, 0) is 19.1 Å². The molecule has 0 spiro atoms. The van der Waals surface area contributed by atoms with Crippen molar-refractivity contribution in [1.29, 1.82) is 0 Å². The Bertz CT molecular complexity index is 1610. The molecule has 0 saturated carbocycles. The van der Waals surface area contributed by atoms with E-state index < -0.39 is 29.6 Å². The number of carboxylic acids is 1. The first-order valence-corrected chi connectivity index (χ1v) is 12.6. The monoisotopic (exact) mass is 556 g/mol. The van der Waals surface area contributed by atoms with Crippen molar-refractivity contribution in [3.63, 3.8) is 0 Å². The average Bonchev–Trinajstić information content (AvgIpc) is 3.43. The van der Waals surface area contributed by atoms with E-state index in [9.17, 15) is 19.2 Å². The van der Waals surface area contributed by atoms with Crippen molar-refractivity contribution in [2.24, 2.45) is 4.99 Å². The lowest BCUT2D eigenvalue weighted by Gasteiger charge is -2.11. The molecule has 2 amide bonds. The Morgan fingerprint density at radius 1 is 0.975 bits per heavy atom. The molecule has 1 saturated heterocycles. The maximum Gasteiger partial charge on any atom is 0.363 e. The summed E-state index contributed by atoms with van der Waals surface area (Å²) in [4.78, 5) is 52.9. The van der Waals surface area contributed by atoms with Crippen molar-refractivity contribution in [2.45, 2.75) is 0 Å². The van der Waals surface area contributed by atoms with Crippen LogP contribution in [0.25, 0.3) is 12.2 Å². The second kappa shape index (κ2) is 11.3. The van der Waals surface area contributed by atoms with Crippen molar-refractivity contribution in [1.82, 2.24) is 4.90 Å². The SMILES string of the molecule is COc1ccc(C2=N/C(=C\c3ccc(/C=C4\SC(=O)N(CC(=O)O)C4=O)cc3)C(=O)O2)cc1Oc1ccccc1. The summed E-state index contributed by atoms with van der Waals surface area (Å²) in [5.74, 6) is -0.889. The molecule has 2 heterocycles. The van der Waals surface area contributed by atoms with Gasteiger partial charge in [-0.15, -0.1) is 0 Å². The lowest BCUT2D eigenvalue weighted by molar-refractivity contribution is -0.140. The number of imide groups is 1. The molecule has 200 valence electrons. The number of aliphatic imine (C=N–C) groups is 1. The zero-order chi connectivity index (χ0) is 28.2. The van der Waals surface area contributed by atoms with E-state index in [0.717, 1.165) is 0 Å². The molecule has 5 rings (SSSR count). The van der Waals surface area contributed by atoms with Gasteiger partial charge in [-0.3, -0.25) is 19.3 Å². The molecule has 0 atom stereocenters. The minimum atomic E-state index is -1.27. The minimum absolute atomic E-state index is 0.0962. The summed E-state index contributed by atoms with van der Waals surface area (Å²) >= 11 is 0.678. The van der Waals surface area contributed by atoms with Crippen LogP contribution in [0.2, 0.25) is 0 Å². The first-order chi connectivity index (χ1) is 19.3. The average molecular weight is 557 g/mol. The lowest BCUT2D eigenvalue weighted by atomic mass is 10.1. The molecule has 2 aliphatic heterocycles. The topological polar surface area (TPSA) is 132 Å². The molecular formula is C29H20N2O8S. The molecule has 0 radical (unpaired) electrons. The van der Waals surface area contributed by atoms with Gasteiger partial charge in [0.05, 0.1) is 12.0 Å². The Morgan fingerprint density at radius 2 is 1.68 bits per heavy atom. The number of para-hydroxylation sites is 1. The number of hydrogen-bond acceptors (Lipinski definition) is 9. The Hall–Kier alpha value is -5.16. The fourth-order valence-electron chi connectivity index (χ4n) is 3.81. The molecule has 2 aliphatic rings. The zero-order valence-corrected chi connectivity index (χ0v) is 21.7. The van der Waals surface area contributed by atoms with Crippen molar-refractivity contribution < 1.29 is 38.5 Å². The number of aliphatic carboxylic acids is 1. The van der Waals surface area contributed by atoms with E-state index in [1.54, 1.807) is 60.7 Å². The summed E-state index contributed by atoms with van der Waals surface area (Å²) in [5.41, 5.74) is 1.89. The van der Waals surface area contributed by atoms with Gasteiger partial charge >= 0.3 is 11.9 Å². The van der Waals surface area contributed by atoms with Crippen LogP contribution < -0.4 is 9.47 Å². The molecule has 10 nitrogen and oxygen atoms in total. The van der Waals surface area contributed by atoms with E-state index in [1.165, 1.54) is 13.2 Å². The fraction of sp³-hybridized carbons (Fsp3) is 0.0690. The van der Waals surface area contributed by atoms with Gasteiger partial charge < -0.3 is 19.3 Å². The number of hydrogen-bond donors (Lipinski definition) is 1. The van der Waals surface area contributed by atoms with Crippen LogP contribution in [0.3, 0.4) is 0 Å². The number of amides is 2. The number of carbonyl (C=O) groups is 4. The summed E-state index contributed by atoms with van der Waals surface area (Å²) < 4.78 is 16.7. The Kier molecular flexibility index (Phi) is 7.47. The molecule has 0 aliphatic carbocycles. The largest absolute Gasteiger partial charge is 0.493 e. The number of esters is 1. The Balaban J connectivity index is 1.34. The van der Waals surface area contributed by atoms with Crippen LogP contribution in [0.4, 0.5) is 4.79 Å². The number of ether oxygens (including phenoxy) is 3. The van der Waals surface area contributed by atoms with Gasteiger partial charge in [0.25, 0.3) is 11.1 Å². The van der Waals surface area contributed by atoms with Gasteiger partial charge in [0.2, 0.25) is 5.90 Å². The molecular weight excluding hydrogens is 536 g/mol. The molecule has 1 fully saturated rings. The Morgan fingerprint density at radius 3 is 2.35 bits per heavy atom. The second-order valence-corrected chi connectivity index (χ2v) is 9.44. The standard InChI is InChI=1S/C29H20N2O8S/c1-37-22-12-11-19(15-23(22)38-20-5-3-2-4-6-20)26-30-21(28(35)39-26)13-17-7-9-18(10-8-17)14-24-27(34)31(16-25(32)33)29(36)40-24/h2-15H,16H2,1H3,(H,32,33)/b21-13-,24-14-. The molecule has 11 heteroatoms. The third-order valence-corrected chi connectivity index (χ3v) is 6.61. The highest BCUT2D eigenvalue weighted by Crippen LogP contribution is 2.34. The predicted octanol–water partition coefficient (Wildman–Crippen LogP) is 4.95. The van der Waals surface area contributed by atoms with Crippen LogP contribution in [0.5, 0.6) is 17.2 Å². The van der Waals surface area contributed by atoms with Gasteiger partial charge in [-0.2, -0.15) is 0 Å². The van der Waals surface area contributed by atoms with Gasteiger partial charge in [0, 0.05) is 5.56 Å². The number of rotatable bonds is 8. The fourth-order valence-corrected chi connectivity index (χ4v) is 4.65. The van der Waals surface area contributed by atoms with Crippen molar-refractivity contribution >= 4 is 52.9 Å². The second-order valence-electron chi connectivity index (χ2n) is 8.45. The molecule has 3 aromatic rings. The van der Waals surface area contributed by atoms with Crippen molar-refractivity contribution in [2.75, 3.05) is 13.7 Å². The zero-order valence-electron chi connectivity index (χ0n) is 20.9. The molecule has 0 unspecified atom stereocenters. The molecule has 0 bridgehead atoms. The molecule has 3 aromatic carbocycles. The van der Waals surface area contributed by atoms with Gasteiger partial charge in [-0.1, -0.05) is 42.5 Å². The van der Waals surface area contributed by atoms with E-state index in [0.29, 0.717) is 50.6 Å². The summed E-state index contributed by atoms with van der Waals surface area (Å²) in [7, 11) is 1.53. The third kappa shape index (κ3) is 5.79. The normalized spacial score (nSPS) is 16.9. The highest BCUT2D eigenvalue weighted by atomic mass is 32.2. The number of cyclic esters (lactones) is 1. The van der Waals surface area contributed by atoms with E-state index in [4.69, 9.17) is 19.3 Å². The van der Waals surface area contributed by atoms with E-state index >= 15 is 0 Å². The van der Waals surface area contributed by atoms with Crippen LogP contribution >= 0.6 is 11.8 Å². The first-order valence-electron chi connectivity index (χ1n) is 11.8. The molecule has 1 N–H and O–H groups in total. The number of carbonyl (C=O) groups excluding carboxylic acids is 3. The smallest absolute Gasteiger partial charge is 0.363 e. The quantitative estimate of drug-likeness (QED) is 0.302. The van der Waals surface area contributed by atoms with Crippen molar-refractivity contribution in [3.8, 4) is 17.2 Å². The van der Waals surface area contributed by atoms with Crippen molar-refractivity contribution in [3.05, 3.63) is 100 Å². The Labute approximate surface area is 232 Å². The van der Waals surface area contributed by atoms with E-state index in [-0.39, 0.29) is 16.5 Å². The maximum absolute atomic E-state index is 12.5. The van der Waals surface area contributed by atoms with E-state index in [1.807, 2.05) is 18.2 Å². The number of nitrogens with zero attached hydrogens (tertiary/aromatic N) is 2. The number of carboxylic acid groups (broad SMARTS) is 1. The van der Waals surface area contributed by atoms with Gasteiger partial charge in [0.15, 0.2) is 17.2 Å². The first kappa shape index (κ1) is 26.4. The van der Waals surface area contributed by atoms with Crippen LogP contribution in [0.1, 0.15) is 16.7 Å². The summed E-state index contributed by atoms with van der Waals surface area (Å²) in [6.45, 7) is -0.689. The van der Waals surface area contributed by atoms with Crippen LogP contribution in [-0.4, -0.2) is 52.6 Å². The van der Waals surface area contributed by atoms with Gasteiger partial charge in [0.1, 0.15) is 12.3 Å². The van der Waals surface area contributed by atoms with E-state index in [2.05, 4.69) is 4.99 Å². The number of thioether (sulfide) groups is 1. The highest BCUT2D eigenvalue weighted by molar-refractivity contribution is 8.18. The number of methoxy groups -OCH3 is 1. The highest BCUT2D eigenvalue weighted by Gasteiger charge is 2.36. The molecule has 0 aromatic heterocycles. The van der Waals surface area contributed by atoms with Gasteiger partial charge in [-0.05, 0) is 65.4 Å². The summed E-state index contributed by atoms with van der Waals surface area (Å²) in [6, 6.07) is 21.1.